The molecule has 3 amide bonds. The minimum absolute atomic E-state index is 0.00526. The topological polar surface area (TPSA) is 136 Å². The van der Waals surface area contributed by atoms with Gasteiger partial charge in [0.2, 0.25) is 0 Å². The lowest BCUT2D eigenvalue weighted by Crippen LogP contribution is -2.44. The summed E-state index contributed by atoms with van der Waals surface area (Å²) < 4.78 is 18.5. The van der Waals surface area contributed by atoms with E-state index in [9.17, 15) is 19.5 Å². The summed E-state index contributed by atoms with van der Waals surface area (Å²) in [6.45, 7) is 10.7. The molecule has 36 heavy (non-hydrogen) atoms. The van der Waals surface area contributed by atoms with Gasteiger partial charge in [-0.3, -0.25) is 0 Å². The fourth-order valence-electron chi connectivity index (χ4n) is 4.04. The maximum Gasteiger partial charge on any atom is 0.425 e. The van der Waals surface area contributed by atoms with E-state index < -0.39 is 29.5 Å². The zero-order valence-electron chi connectivity index (χ0n) is 21.4. The number of aromatic nitrogens is 3. The van der Waals surface area contributed by atoms with Crippen molar-refractivity contribution in [3.8, 4) is 0 Å². The molecule has 1 saturated heterocycles. The molecule has 0 bridgehead atoms. The Morgan fingerprint density at radius 3 is 2.22 bits per heavy atom. The van der Waals surface area contributed by atoms with E-state index in [1.54, 1.807) is 46.1 Å². The second-order valence-electron chi connectivity index (χ2n) is 10.5. The zero-order chi connectivity index (χ0) is 27.0. The standard InChI is InChI=1S/C23H32IN5O7/c1-22(2,3)35-20(32)28(21(33)36-23(4,5)6)18-17-15(24)9-16(29(17)26-12-25-18)13-8-14(11-34-7)27(10-13)19(30)31/h9,12-14H,8,10-11H2,1-7H3,(H,30,31)/t13?,14-/m1/s1. The summed E-state index contributed by atoms with van der Waals surface area (Å²) in [6.07, 6.45) is -1.13. The third-order valence-corrected chi connectivity index (χ3v) is 6.14. The van der Waals surface area contributed by atoms with E-state index in [0.717, 1.165) is 10.6 Å². The van der Waals surface area contributed by atoms with Crippen LogP contribution in [-0.2, 0) is 14.2 Å². The third-order valence-electron chi connectivity index (χ3n) is 5.32. The molecule has 1 fully saturated rings. The molecule has 2 atom stereocenters. The summed E-state index contributed by atoms with van der Waals surface area (Å²) in [6, 6.07) is 1.55. The zero-order valence-corrected chi connectivity index (χ0v) is 23.6. The Hall–Kier alpha value is -2.68. The molecule has 3 rings (SSSR count). The number of imide groups is 1. The molecule has 1 aliphatic rings. The van der Waals surface area contributed by atoms with Crippen LogP contribution in [-0.4, -0.2) is 80.4 Å². The van der Waals surface area contributed by atoms with Gasteiger partial charge in [-0.1, -0.05) is 0 Å². The van der Waals surface area contributed by atoms with Gasteiger partial charge in [-0.15, -0.1) is 0 Å². The number of amides is 3. The van der Waals surface area contributed by atoms with E-state index in [1.807, 2.05) is 6.07 Å². The number of hydrogen-bond acceptors (Lipinski definition) is 8. The molecule has 1 aliphatic heterocycles. The van der Waals surface area contributed by atoms with Crippen molar-refractivity contribution < 1.29 is 33.7 Å². The Balaban J connectivity index is 2.10. The highest BCUT2D eigenvalue weighted by Crippen LogP contribution is 2.36. The van der Waals surface area contributed by atoms with Gasteiger partial charge in [0.15, 0.2) is 5.82 Å². The number of nitrogens with zero attached hydrogens (tertiary/aromatic N) is 5. The number of methoxy groups -OCH3 is 1. The van der Waals surface area contributed by atoms with Gasteiger partial charge in [0.05, 0.1) is 12.6 Å². The molecule has 13 heteroatoms. The van der Waals surface area contributed by atoms with Crippen molar-refractivity contribution in [1.82, 2.24) is 19.5 Å². The number of halogens is 1. The molecule has 0 radical (unpaired) electrons. The van der Waals surface area contributed by atoms with E-state index in [4.69, 9.17) is 14.2 Å². The third kappa shape index (κ3) is 6.17. The van der Waals surface area contributed by atoms with Gasteiger partial charge in [-0.05, 0) is 76.6 Å². The smallest absolute Gasteiger partial charge is 0.425 e. The van der Waals surface area contributed by atoms with E-state index in [2.05, 4.69) is 32.7 Å². The van der Waals surface area contributed by atoms with E-state index in [-0.39, 0.29) is 30.9 Å². The number of ether oxygens (including phenoxy) is 3. The molecule has 0 aliphatic carbocycles. The molecule has 2 aromatic rings. The lowest BCUT2D eigenvalue weighted by Gasteiger charge is -2.28. The molecule has 0 spiro atoms. The number of carbonyl (C=O) groups excluding carboxylic acids is 2. The Labute approximate surface area is 223 Å². The summed E-state index contributed by atoms with van der Waals surface area (Å²) in [7, 11) is 1.53. The maximum atomic E-state index is 13.2. The summed E-state index contributed by atoms with van der Waals surface area (Å²) in [5, 5.41) is 14.0. The van der Waals surface area contributed by atoms with Gasteiger partial charge in [-0.25, -0.2) is 23.9 Å². The number of rotatable bonds is 4. The van der Waals surface area contributed by atoms with Crippen molar-refractivity contribution in [3.05, 3.63) is 21.7 Å². The first kappa shape index (κ1) is 27.9. The van der Waals surface area contributed by atoms with E-state index >= 15 is 0 Å². The highest BCUT2D eigenvalue weighted by atomic mass is 127. The fourth-order valence-corrected chi connectivity index (χ4v) is 4.83. The van der Waals surface area contributed by atoms with E-state index in [1.165, 1.54) is 18.3 Å². The quantitative estimate of drug-likeness (QED) is 0.492. The van der Waals surface area contributed by atoms with Crippen molar-refractivity contribution >= 4 is 52.2 Å². The van der Waals surface area contributed by atoms with E-state index in [0.29, 0.717) is 15.5 Å². The monoisotopic (exact) mass is 617 g/mol. The van der Waals surface area contributed by atoms with Crippen LogP contribution in [0.4, 0.5) is 20.2 Å². The molecular formula is C23H32IN5O7. The Bertz CT molecular complexity index is 1130. The number of carboxylic acid groups (broad SMARTS) is 1. The Morgan fingerprint density at radius 2 is 1.72 bits per heavy atom. The van der Waals surface area contributed by atoms with Gasteiger partial charge in [0.1, 0.15) is 23.0 Å². The predicted molar refractivity (Wildman–Crippen MR) is 138 cm³/mol. The van der Waals surface area contributed by atoms with Crippen LogP contribution in [0.3, 0.4) is 0 Å². The molecule has 0 aromatic carbocycles. The first-order valence-electron chi connectivity index (χ1n) is 11.4. The molecule has 3 heterocycles. The molecule has 198 valence electrons. The molecule has 1 unspecified atom stereocenters. The Morgan fingerprint density at radius 1 is 1.14 bits per heavy atom. The van der Waals surface area contributed by atoms with Gasteiger partial charge in [-0.2, -0.15) is 10.00 Å². The van der Waals surface area contributed by atoms with Crippen molar-refractivity contribution in [1.29, 1.82) is 0 Å². The van der Waals surface area contributed by atoms with Crippen LogP contribution in [0.25, 0.3) is 5.52 Å². The van der Waals surface area contributed by atoms with Crippen molar-refractivity contribution in [2.75, 3.05) is 25.2 Å². The minimum atomic E-state index is -1.02. The molecule has 12 nitrogen and oxygen atoms in total. The van der Waals surface area contributed by atoms with Crippen LogP contribution >= 0.6 is 22.6 Å². The molecular weight excluding hydrogens is 585 g/mol. The molecule has 2 aromatic heterocycles. The SMILES string of the molecule is COC[C@H]1CC(c2cc(I)c3c(N(C(=O)OC(C)(C)C)C(=O)OC(C)(C)C)ncnn23)CN1C(=O)O. The maximum absolute atomic E-state index is 13.2. The summed E-state index contributed by atoms with van der Waals surface area (Å²) in [4.78, 5) is 44.5. The van der Waals surface area contributed by atoms with Gasteiger partial charge in [0.25, 0.3) is 0 Å². The number of anilines is 1. The number of fused-ring (bicyclic) bond motifs is 1. The second-order valence-corrected chi connectivity index (χ2v) is 11.7. The van der Waals surface area contributed by atoms with Crippen molar-refractivity contribution in [3.63, 3.8) is 0 Å². The highest BCUT2D eigenvalue weighted by molar-refractivity contribution is 14.1. The first-order chi connectivity index (χ1) is 16.6. The lowest BCUT2D eigenvalue weighted by molar-refractivity contribution is 0.0429. The minimum Gasteiger partial charge on any atom is -0.465 e. The van der Waals surface area contributed by atoms with Gasteiger partial charge in [0, 0.05) is 28.8 Å². The van der Waals surface area contributed by atoms with Crippen LogP contribution in [0.1, 0.15) is 59.6 Å². The molecule has 1 N–H and O–H groups in total. The summed E-state index contributed by atoms with van der Waals surface area (Å²) in [5.74, 6) is -0.179. The second kappa shape index (κ2) is 10.4. The van der Waals surface area contributed by atoms with Crippen LogP contribution in [0, 0.1) is 3.57 Å². The summed E-state index contributed by atoms with van der Waals surface area (Å²) in [5.41, 5.74) is -0.610. The van der Waals surface area contributed by atoms with Crippen LogP contribution in [0.5, 0.6) is 0 Å². The first-order valence-corrected chi connectivity index (χ1v) is 12.5. The molecule has 0 saturated carbocycles. The number of likely N-dealkylation sites (tertiary alicyclic amines) is 1. The van der Waals surface area contributed by atoms with Crippen LogP contribution < -0.4 is 4.90 Å². The van der Waals surface area contributed by atoms with Crippen molar-refractivity contribution in [2.24, 2.45) is 0 Å². The fraction of sp³-hybridized carbons (Fsp3) is 0.609. The van der Waals surface area contributed by atoms with Gasteiger partial charge >= 0.3 is 18.3 Å². The highest BCUT2D eigenvalue weighted by Gasteiger charge is 2.39. The number of hydrogen-bond donors (Lipinski definition) is 1. The van der Waals surface area contributed by atoms with Gasteiger partial charge < -0.3 is 24.2 Å². The largest absolute Gasteiger partial charge is 0.465 e. The normalized spacial score (nSPS) is 18.4. The Kier molecular flexibility index (Phi) is 8.03. The number of carbonyl (C=O) groups is 3. The average Bonchev–Trinajstić information content (AvgIpc) is 3.27. The average molecular weight is 617 g/mol. The predicted octanol–water partition coefficient (Wildman–Crippen LogP) is 4.49. The van der Waals surface area contributed by atoms with Crippen LogP contribution in [0.2, 0.25) is 0 Å². The van der Waals surface area contributed by atoms with Crippen LogP contribution in [0.15, 0.2) is 12.4 Å². The van der Waals surface area contributed by atoms with Crippen molar-refractivity contribution in [2.45, 2.75) is 71.1 Å². The lowest BCUT2D eigenvalue weighted by atomic mass is 10.0. The summed E-state index contributed by atoms with van der Waals surface area (Å²) >= 11 is 2.08.